The number of nitrogens with zero attached hydrogens (tertiary/aromatic N) is 1. The van der Waals surface area contributed by atoms with Gasteiger partial charge in [0.05, 0.1) is 15.2 Å². The average Bonchev–Trinajstić information content (AvgIpc) is 2.83. The molecule has 1 aromatic heterocycles. The molecule has 0 aliphatic rings. The summed E-state index contributed by atoms with van der Waals surface area (Å²) >= 11 is 7.77. The Morgan fingerprint density at radius 2 is 2.05 bits per heavy atom. The van der Waals surface area contributed by atoms with Crippen LogP contribution in [0.3, 0.4) is 0 Å². The zero-order chi connectivity index (χ0) is 14.1. The molecule has 0 saturated heterocycles. The molecule has 2 nitrogen and oxygen atoms in total. The molecule has 0 aliphatic carbocycles. The van der Waals surface area contributed by atoms with Crippen LogP contribution >= 0.6 is 22.9 Å². The van der Waals surface area contributed by atoms with E-state index in [1.54, 1.807) is 11.3 Å². The van der Waals surface area contributed by atoms with Crippen molar-refractivity contribution in [1.82, 2.24) is 4.98 Å². The van der Waals surface area contributed by atoms with Gasteiger partial charge in [-0.3, -0.25) is 0 Å². The molecular weight excluding hydrogens is 288 g/mol. The molecule has 2 N–H and O–H groups in total. The summed E-state index contributed by atoms with van der Waals surface area (Å²) in [4.78, 5) is 4.64. The number of thiazole rings is 1. The van der Waals surface area contributed by atoms with Crippen molar-refractivity contribution in [3.8, 4) is 0 Å². The zero-order valence-electron chi connectivity index (χ0n) is 11.1. The van der Waals surface area contributed by atoms with E-state index in [-0.39, 0.29) is 6.04 Å². The third-order valence-corrected chi connectivity index (χ3v) is 4.67. The van der Waals surface area contributed by atoms with Crippen LogP contribution < -0.4 is 5.73 Å². The average molecular weight is 303 g/mol. The van der Waals surface area contributed by atoms with E-state index < -0.39 is 0 Å². The SMILES string of the molecule is Cc1ccc(Cl)cc1C(N)Cc1nc2ccccc2s1. The number of hydrogen-bond donors (Lipinski definition) is 1. The van der Waals surface area contributed by atoms with Crippen LogP contribution in [-0.2, 0) is 6.42 Å². The molecule has 1 unspecified atom stereocenters. The van der Waals surface area contributed by atoms with Gasteiger partial charge in [-0.2, -0.15) is 0 Å². The maximum atomic E-state index is 6.33. The lowest BCUT2D eigenvalue weighted by Gasteiger charge is -2.13. The molecule has 0 amide bonds. The summed E-state index contributed by atoms with van der Waals surface area (Å²) < 4.78 is 1.21. The number of hydrogen-bond acceptors (Lipinski definition) is 3. The Hall–Kier alpha value is -1.42. The first-order valence-electron chi connectivity index (χ1n) is 6.49. The molecule has 1 heterocycles. The lowest BCUT2D eigenvalue weighted by Crippen LogP contribution is -2.14. The van der Waals surface area contributed by atoms with Crippen molar-refractivity contribution in [3.63, 3.8) is 0 Å². The highest BCUT2D eigenvalue weighted by atomic mass is 35.5. The summed E-state index contributed by atoms with van der Waals surface area (Å²) in [6.45, 7) is 2.06. The molecule has 3 aromatic rings. The monoisotopic (exact) mass is 302 g/mol. The van der Waals surface area contributed by atoms with Crippen LogP contribution in [0.25, 0.3) is 10.2 Å². The van der Waals surface area contributed by atoms with Crippen molar-refractivity contribution in [2.45, 2.75) is 19.4 Å². The molecule has 0 radical (unpaired) electrons. The fourth-order valence-corrected chi connectivity index (χ4v) is 3.52. The maximum absolute atomic E-state index is 6.33. The second kappa shape index (κ2) is 5.52. The topological polar surface area (TPSA) is 38.9 Å². The quantitative estimate of drug-likeness (QED) is 0.773. The molecule has 0 fully saturated rings. The van der Waals surface area contributed by atoms with Crippen LogP contribution in [0.4, 0.5) is 0 Å². The molecule has 1 atom stereocenters. The fourth-order valence-electron chi connectivity index (χ4n) is 2.32. The van der Waals surface area contributed by atoms with Crippen molar-refractivity contribution in [1.29, 1.82) is 0 Å². The second-order valence-electron chi connectivity index (χ2n) is 4.89. The van der Waals surface area contributed by atoms with E-state index in [1.807, 2.05) is 36.4 Å². The van der Waals surface area contributed by atoms with Crippen LogP contribution in [0.2, 0.25) is 5.02 Å². The molecule has 102 valence electrons. The highest BCUT2D eigenvalue weighted by Gasteiger charge is 2.13. The van der Waals surface area contributed by atoms with E-state index in [2.05, 4.69) is 18.0 Å². The normalized spacial score (nSPS) is 12.8. The largest absolute Gasteiger partial charge is 0.324 e. The van der Waals surface area contributed by atoms with Crippen molar-refractivity contribution in [3.05, 3.63) is 63.6 Å². The number of rotatable bonds is 3. The van der Waals surface area contributed by atoms with Gasteiger partial charge in [0, 0.05) is 17.5 Å². The summed E-state index contributed by atoms with van der Waals surface area (Å²) in [6.07, 6.45) is 0.737. The first-order chi connectivity index (χ1) is 9.63. The standard InChI is InChI=1S/C16H15ClN2S/c1-10-6-7-11(17)8-12(10)13(18)9-16-19-14-4-2-3-5-15(14)20-16/h2-8,13H,9,18H2,1H3. The molecule has 0 bridgehead atoms. The van der Waals surface area contributed by atoms with Gasteiger partial charge in [-0.15, -0.1) is 11.3 Å². The molecule has 3 rings (SSSR count). The predicted molar refractivity (Wildman–Crippen MR) is 86.4 cm³/mol. The number of aromatic nitrogens is 1. The van der Waals surface area contributed by atoms with Crippen LogP contribution in [0.1, 0.15) is 22.2 Å². The minimum atomic E-state index is -0.0748. The Morgan fingerprint density at radius 3 is 2.85 bits per heavy atom. The molecule has 0 spiro atoms. The fraction of sp³-hybridized carbons (Fsp3) is 0.188. The van der Waals surface area contributed by atoms with Crippen LogP contribution in [0.5, 0.6) is 0 Å². The van der Waals surface area contributed by atoms with Crippen molar-refractivity contribution in [2.24, 2.45) is 5.73 Å². The lowest BCUT2D eigenvalue weighted by atomic mass is 10.00. The first-order valence-corrected chi connectivity index (χ1v) is 7.69. The summed E-state index contributed by atoms with van der Waals surface area (Å²) in [5.74, 6) is 0. The summed E-state index contributed by atoms with van der Waals surface area (Å²) in [7, 11) is 0. The smallest absolute Gasteiger partial charge is 0.0957 e. The molecule has 0 aliphatic heterocycles. The van der Waals surface area contributed by atoms with E-state index in [9.17, 15) is 0 Å². The number of benzene rings is 2. The Bertz CT molecular complexity index is 718. The Balaban J connectivity index is 1.88. The minimum absolute atomic E-state index is 0.0748. The van der Waals surface area contributed by atoms with Gasteiger partial charge in [0.25, 0.3) is 0 Å². The highest BCUT2D eigenvalue weighted by molar-refractivity contribution is 7.18. The van der Waals surface area contributed by atoms with E-state index in [1.165, 1.54) is 10.3 Å². The van der Waals surface area contributed by atoms with Crippen LogP contribution in [-0.4, -0.2) is 4.98 Å². The van der Waals surface area contributed by atoms with Crippen molar-refractivity contribution in [2.75, 3.05) is 0 Å². The minimum Gasteiger partial charge on any atom is -0.324 e. The predicted octanol–water partition coefficient (Wildman–Crippen LogP) is 4.50. The van der Waals surface area contributed by atoms with Gasteiger partial charge in [-0.25, -0.2) is 4.98 Å². The number of halogens is 1. The lowest BCUT2D eigenvalue weighted by molar-refractivity contribution is 0.714. The first kappa shape index (κ1) is 13.6. The molecule has 20 heavy (non-hydrogen) atoms. The van der Waals surface area contributed by atoms with Gasteiger partial charge < -0.3 is 5.73 Å². The van der Waals surface area contributed by atoms with E-state index >= 15 is 0 Å². The second-order valence-corrected chi connectivity index (χ2v) is 6.44. The number of fused-ring (bicyclic) bond motifs is 1. The Labute approximate surface area is 127 Å². The molecule has 2 aromatic carbocycles. The number of para-hydroxylation sites is 1. The zero-order valence-corrected chi connectivity index (χ0v) is 12.7. The van der Waals surface area contributed by atoms with Gasteiger partial charge in [-0.1, -0.05) is 29.8 Å². The molecule has 4 heteroatoms. The van der Waals surface area contributed by atoms with Crippen molar-refractivity contribution < 1.29 is 0 Å². The maximum Gasteiger partial charge on any atom is 0.0957 e. The summed E-state index contributed by atoms with van der Waals surface area (Å²) in [6, 6.07) is 13.9. The van der Waals surface area contributed by atoms with E-state index in [4.69, 9.17) is 17.3 Å². The molecular formula is C16H15ClN2S. The highest BCUT2D eigenvalue weighted by Crippen LogP contribution is 2.27. The van der Waals surface area contributed by atoms with Crippen molar-refractivity contribution >= 4 is 33.2 Å². The summed E-state index contributed by atoms with van der Waals surface area (Å²) in [5.41, 5.74) is 9.63. The molecule has 0 saturated carbocycles. The Morgan fingerprint density at radius 1 is 1.25 bits per heavy atom. The third kappa shape index (κ3) is 2.70. The summed E-state index contributed by atoms with van der Waals surface area (Å²) in [5, 5.41) is 1.79. The third-order valence-electron chi connectivity index (χ3n) is 3.37. The van der Waals surface area contributed by atoms with Crippen LogP contribution in [0.15, 0.2) is 42.5 Å². The van der Waals surface area contributed by atoms with Crippen LogP contribution in [0, 0.1) is 6.92 Å². The number of nitrogens with two attached hydrogens (primary N) is 1. The van der Waals surface area contributed by atoms with Gasteiger partial charge in [0.15, 0.2) is 0 Å². The van der Waals surface area contributed by atoms with E-state index in [0.717, 1.165) is 27.5 Å². The Kier molecular flexibility index (Phi) is 3.74. The van der Waals surface area contributed by atoms with E-state index in [0.29, 0.717) is 0 Å². The van der Waals surface area contributed by atoms with Gasteiger partial charge >= 0.3 is 0 Å². The van der Waals surface area contributed by atoms with Gasteiger partial charge in [0.2, 0.25) is 0 Å². The number of aryl methyl sites for hydroxylation is 1. The van der Waals surface area contributed by atoms with Gasteiger partial charge in [-0.05, 0) is 42.3 Å². The van der Waals surface area contributed by atoms with Gasteiger partial charge in [0.1, 0.15) is 0 Å².